The van der Waals surface area contributed by atoms with E-state index in [1.807, 2.05) is 30.3 Å². The van der Waals surface area contributed by atoms with Crippen LogP contribution in [0.5, 0.6) is 0 Å². The van der Waals surface area contributed by atoms with Gasteiger partial charge in [0.15, 0.2) is 0 Å². The van der Waals surface area contributed by atoms with Crippen LogP contribution in [0.2, 0.25) is 0 Å². The normalized spacial score (nSPS) is 37.4. The van der Waals surface area contributed by atoms with Crippen LogP contribution >= 0.6 is 0 Å². The summed E-state index contributed by atoms with van der Waals surface area (Å²) in [5.74, 6) is 0. The third kappa shape index (κ3) is 1.54. The van der Waals surface area contributed by atoms with Crippen molar-refractivity contribution in [3.05, 3.63) is 35.9 Å². The highest BCUT2D eigenvalue weighted by Crippen LogP contribution is 2.32. The molecule has 4 atom stereocenters. The van der Waals surface area contributed by atoms with Crippen molar-refractivity contribution in [2.24, 2.45) is 0 Å². The number of hydrogen-bond acceptors (Lipinski definition) is 3. The molecule has 1 unspecified atom stereocenters. The molecule has 14 heavy (non-hydrogen) atoms. The molecule has 1 fully saturated rings. The quantitative estimate of drug-likeness (QED) is 0.697. The van der Waals surface area contributed by atoms with Crippen molar-refractivity contribution in [3.63, 3.8) is 0 Å². The first-order chi connectivity index (χ1) is 6.70. The van der Waals surface area contributed by atoms with Crippen molar-refractivity contribution in [1.29, 1.82) is 0 Å². The summed E-state index contributed by atoms with van der Waals surface area (Å²) in [4.78, 5) is 0. The van der Waals surface area contributed by atoms with Crippen LogP contribution in [0.3, 0.4) is 0 Å². The fourth-order valence-corrected chi connectivity index (χ4v) is 1.77. The zero-order valence-electron chi connectivity index (χ0n) is 8.00. The highest BCUT2D eigenvalue weighted by molar-refractivity contribution is 5.20. The highest BCUT2D eigenvalue weighted by Gasteiger charge is 2.40. The average molecular weight is 194 g/mol. The summed E-state index contributed by atoms with van der Waals surface area (Å²) in [5, 5.41) is 19.2. The molecule has 2 N–H and O–H groups in total. The van der Waals surface area contributed by atoms with Gasteiger partial charge in [-0.05, 0) is 12.5 Å². The molecule has 0 radical (unpaired) electrons. The lowest BCUT2D eigenvalue weighted by Gasteiger charge is -2.14. The number of hydrogen-bond donors (Lipinski definition) is 2. The Morgan fingerprint density at radius 1 is 1.07 bits per heavy atom. The first-order valence-electron chi connectivity index (χ1n) is 4.76. The summed E-state index contributed by atoms with van der Waals surface area (Å²) in [6.45, 7) is 1.76. The molecular weight excluding hydrogens is 180 g/mol. The van der Waals surface area contributed by atoms with Crippen molar-refractivity contribution in [3.8, 4) is 0 Å². The maximum atomic E-state index is 9.71. The summed E-state index contributed by atoms with van der Waals surface area (Å²) in [7, 11) is 0. The molecule has 0 spiro atoms. The first kappa shape index (κ1) is 9.65. The summed E-state index contributed by atoms with van der Waals surface area (Å²) in [5.41, 5.74) is 0.906. The standard InChI is InChI=1S/C11H14O3/c1-7-9(12)10(13)11(14-7)8-5-3-2-4-6-8/h2-7,9-13H,1H3/t7-,9?,10+,11+/m0/s1. The Bertz CT molecular complexity index is 299. The van der Waals surface area contributed by atoms with E-state index in [2.05, 4.69) is 0 Å². The first-order valence-corrected chi connectivity index (χ1v) is 4.76. The van der Waals surface area contributed by atoms with Gasteiger partial charge in [-0.2, -0.15) is 0 Å². The van der Waals surface area contributed by atoms with Gasteiger partial charge in [0, 0.05) is 0 Å². The lowest BCUT2D eigenvalue weighted by atomic mass is 10.0. The van der Waals surface area contributed by atoms with E-state index in [0.717, 1.165) is 5.56 Å². The molecule has 76 valence electrons. The Balaban J connectivity index is 2.21. The van der Waals surface area contributed by atoms with Crippen LogP contribution in [0.1, 0.15) is 18.6 Å². The molecule has 3 nitrogen and oxygen atoms in total. The molecule has 0 amide bonds. The summed E-state index contributed by atoms with van der Waals surface area (Å²) in [6.07, 6.45) is -2.33. The fraction of sp³-hybridized carbons (Fsp3) is 0.455. The number of rotatable bonds is 1. The molecule has 1 aliphatic heterocycles. The SMILES string of the molecule is C[C@@H]1O[C@H](c2ccccc2)[C@H](O)C1O. The van der Waals surface area contributed by atoms with Crippen molar-refractivity contribution in [2.45, 2.75) is 31.3 Å². The molecule has 0 saturated carbocycles. The van der Waals surface area contributed by atoms with E-state index < -0.39 is 18.3 Å². The second-order valence-electron chi connectivity index (χ2n) is 3.65. The second-order valence-corrected chi connectivity index (χ2v) is 3.65. The van der Waals surface area contributed by atoms with Gasteiger partial charge in [-0.3, -0.25) is 0 Å². The van der Waals surface area contributed by atoms with Crippen LogP contribution in [0.4, 0.5) is 0 Å². The Morgan fingerprint density at radius 3 is 2.21 bits per heavy atom. The second kappa shape index (κ2) is 3.69. The van der Waals surface area contributed by atoms with E-state index in [0.29, 0.717) is 0 Å². The van der Waals surface area contributed by atoms with E-state index in [-0.39, 0.29) is 6.10 Å². The Hall–Kier alpha value is -0.900. The number of aliphatic hydroxyl groups excluding tert-OH is 2. The van der Waals surface area contributed by atoms with Crippen molar-refractivity contribution in [1.82, 2.24) is 0 Å². The highest BCUT2D eigenvalue weighted by atomic mass is 16.5. The number of aliphatic hydroxyl groups is 2. The predicted octanol–water partition coefficient (Wildman–Crippen LogP) is 0.868. The summed E-state index contributed by atoms with van der Waals surface area (Å²) >= 11 is 0. The van der Waals surface area contributed by atoms with E-state index in [9.17, 15) is 10.2 Å². The molecule has 3 heteroatoms. The van der Waals surface area contributed by atoms with Crippen LogP contribution in [-0.2, 0) is 4.74 Å². The van der Waals surface area contributed by atoms with Gasteiger partial charge < -0.3 is 14.9 Å². The van der Waals surface area contributed by atoms with Gasteiger partial charge in [-0.15, -0.1) is 0 Å². The van der Waals surface area contributed by atoms with Crippen LogP contribution in [0.25, 0.3) is 0 Å². The molecular formula is C11H14O3. The molecule has 1 aromatic carbocycles. The van der Waals surface area contributed by atoms with Gasteiger partial charge in [0.2, 0.25) is 0 Å². The van der Waals surface area contributed by atoms with Crippen molar-refractivity contribution < 1.29 is 14.9 Å². The average Bonchev–Trinajstić information content (AvgIpc) is 2.47. The monoisotopic (exact) mass is 194 g/mol. The minimum atomic E-state index is -0.826. The van der Waals surface area contributed by atoms with E-state index in [1.54, 1.807) is 6.92 Å². The van der Waals surface area contributed by atoms with E-state index in [1.165, 1.54) is 0 Å². The zero-order valence-corrected chi connectivity index (χ0v) is 8.00. The molecule has 2 rings (SSSR count). The van der Waals surface area contributed by atoms with Gasteiger partial charge in [0.1, 0.15) is 18.3 Å². The minimum Gasteiger partial charge on any atom is -0.388 e. The zero-order chi connectivity index (χ0) is 10.1. The van der Waals surface area contributed by atoms with Gasteiger partial charge in [0.05, 0.1) is 6.10 Å². The van der Waals surface area contributed by atoms with Gasteiger partial charge in [-0.25, -0.2) is 0 Å². The fourth-order valence-electron chi connectivity index (χ4n) is 1.77. The van der Waals surface area contributed by atoms with Crippen LogP contribution in [-0.4, -0.2) is 28.5 Å². The smallest absolute Gasteiger partial charge is 0.113 e. The van der Waals surface area contributed by atoms with Gasteiger partial charge >= 0.3 is 0 Å². The molecule has 1 saturated heterocycles. The van der Waals surface area contributed by atoms with Crippen LogP contribution < -0.4 is 0 Å². The molecule has 0 bridgehead atoms. The lowest BCUT2D eigenvalue weighted by molar-refractivity contribution is 0.0151. The number of benzene rings is 1. The van der Waals surface area contributed by atoms with E-state index >= 15 is 0 Å². The third-order valence-electron chi connectivity index (χ3n) is 2.63. The van der Waals surface area contributed by atoms with Gasteiger partial charge in [-0.1, -0.05) is 30.3 Å². The lowest BCUT2D eigenvalue weighted by Crippen LogP contribution is -2.28. The number of ether oxygens (including phenoxy) is 1. The maximum absolute atomic E-state index is 9.71. The van der Waals surface area contributed by atoms with Crippen molar-refractivity contribution in [2.75, 3.05) is 0 Å². The van der Waals surface area contributed by atoms with E-state index in [4.69, 9.17) is 4.74 Å². The Morgan fingerprint density at radius 2 is 1.71 bits per heavy atom. The molecule has 0 aromatic heterocycles. The topological polar surface area (TPSA) is 49.7 Å². The summed E-state index contributed by atoms with van der Waals surface area (Å²) < 4.78 is 5.47. The maximum Gasteiger partial charge on any atom is 0.113 e. The van der Waals surface area contributed by atoms with Crippen molar-refractivity contribution >= 4 is 0 Å². The van der Waals surface area contributed by atoms with Gasteiger partial charge in [0.25, 0.3) is 0 Å². The largest absolute Gasteiger partial charge is 0.388 e. The third-order valence-corrected chi connectivity index (χ3v) is 2.63. The Kier molecular flexibility index (Phi) is 2.54. The van der Waals surface area contributed by atoms with Crippen LogP contribution in [0, 0.1) is 0 Å². The molecule has 1 aromatic rings. The predicted molar refractivity (Wildman–Crippen MR) is 51.7 cm³/mol. The molecule has 0 aliphatic carbocycles. The summed E-state index contributed by atoms with van der Waals surface area (Å²) in [6, 6.07) is 9.46. The minimum absolute atomic E-state index is 0.310. The molecule has 1 heterocycles. The molecule has 1 aliphatic rings. The Labute approximate surface area is 83.0 Å². The van der Waals surface area contributed by atoms with Crippen LogP contribution in [0.15, 0.2) is 30.3 Å².